The highest BCUT2D eigenvalue weighted by Gasteiger charge is 2.16. The molecule has 2 aromatic carbocycles. The fourth-order valence-corrected chi connectivity index (χ4v) is 2.82. The van der Waals surface area contributed by atoms with E-state index in [4.69, 9.17) is 15.8 Å². The van der Waals surface area contributed by atoms with Crippen LogP contribution in [0.4, 0.5) is 0 Å². The molecule has 0 atom stereocenters. The second kappa shape index (κ2) is 6.26. The van der Waals surface area contributed by atoms with Gasteiger partial charge in [0.15, 0.2) is 0 Å². The standard InChI is InChI=1S/C14H14ClNO3S/c1-16-10-11-9-12(7-8-14(11)15)19-20(17,18)13-5-3-2-4-6-13/h2-9,16H,10H2,1H3. The predicted molar refractivity (Wildman–Crippen MR) is 78.5 cm³/mol. The first-order valence-corrected chi connectivity index (χ1v) is 7.74. The van der Waals surface area contributed by atoms with Gasteiger partial charge < -0.3 is 9.50 Å². The zero-order valence-corrected chi connectivity index (χ0v) is 12.4. The molecule has 4 nitrogen and oxygen atoms in total. The largest absolute Gasteiger partial charge is 0.379 e. The van der Waals surface area contributed by atoms with Crippen LogP contribution in [0, 0.1) is 0 Å². The Balaban J connectivity index is 2.28. The zero-order chi connectivity index (χ0) is 14.6. The molecule has 1 N–H and O–H groups in total. The first-order chi connectivity index (χ1) is 9.53. The van der Waals surface area contributed by atoms with Crippen LogP contribution in [0.3, 0.4) is 0 Å². The fraction of sp³-hybridized carbons (Fsp3) is 0.143. The van der Waals surface area contributed by atoms with E-state index < -0.39 is 10.1 Å². The van der Waals surface area contributed by atoms with E-state index in [1.807, 2.05) is 0 Å². The number of rotatable bonds is 5. The maximum Gasteiger partial charge on any atom is 0.339 e. The molecule has 0 bridgehead atoms. The van der Waals surface area contributed by atoms with Crippen molar-refractivity contribution in [3.05, 3.63) is 59.1 Å². The molecule has 0 spiro atoms. The van der Waals surface area contributed by atoms with Crippen molar-refractivity contribution in [3.8, 4) is 5.75 Å². The van der Waals surface area contributed by atoms with Crippen molar-refractivity contribution in [2.75, 3.05) is 7.05 Å². The SMILES string of the molecule is CNCc1cc(OS(=O)(=O)c2ccccc2)ccc1Cl. The van der Waals surface area contributed by atoms with Crippen LogP contribution in [-0.2, 0) is 16.7 Å². The van der Waals surface area contributed by atoms with Gasteiger partial charge >= 0.3 is 10.1 Å². The van der Waals surface area contributed by atoms with Crippen LogP contribution in [0.15, 0.2) is 53.4 Å². The van der Waals surface area contributed by atoms with Crippen LogP contribution in [0.1, 0.15) is 5.56 Å². The Hall–Kier alpha value is -1.56. The molecule has 0 fully saturated rings. The third kappa shape index (κ3) is 3.50. The molecule has 6 heteroatoms. The van der Waals surface area contributed by atoms with Crippen molar-refractivity contribution in [2.24, 2.45) is 0 Å². The summed E-state index contributed by atoms with van der Waals surface area (Å²) in [5.41, 5.74) is 0.773. The van der Waals surface area contributed by atoms with Gasteiger partial charge in [0.1, 0.15) is 10.6 Å². The highest BCUT2D eigenvalue weighted by Crippen LogP contribution is 2.24. The molecule has 0 amide bonds. The van der Waals surface area contributed by atoms with Crippen molar-refractivity contribution in [1.82, 2.24) is 5.32 Å². The Morgan fingerprint density at radius 3 is 2.50 bits per heavy atom. The van der Waals surface area contributed by atoms with Crippen molar-refractivity contribution in [2.45, 2.75) is 11.4 Å². The first kappa shape index (κ1) is 14.8. The smallest absolute Gasteiger partial charge is 0.339 e. The van der Waals surface area contributed by atoms with Crippen LogP contribution in [0.25, 0.3) is 0 Å². The summed E-state index contributed by atoms with van der Waals surface area (Å²) in [6, 6.07) is 12.8. The summed E-state index contributed by atoms with van der Waals surface area (Å²) in [5.74, 6) is 0.239. The van der Waals surface area contributed by atoms with E-state index >= 15 is 0 Å². The van der Waals surface area contributed by atoms with Gasteiger partial charge in [0.05, 0.1) is 0 Å². The second-order valence-electron chi connectivity index (χ2n) is 4.13. The lowest BCUT2D eigenvalue weighted by Crippen LogP contribution is -2.10. The van der Waals surface area contributed by atoms with Gasteiger partial charge in [-0.1, -0.05) is 29.8 Å². The monoisotopic (exact) mass is 311 g/mol. The molecule has 0 saturated carbocycles. The van der Waals surface area contributed by atoms with Crippen LogP contribution >= 0.6 is 11.6 Å². The molecular weight excluding hydrogens is 298 g/mol. The molecule has 106 valence electrons. The summed E-state index contributed by atoms with van der Waals surface area (Å²) in [4.78, 5) is 0.116. The van der Waals surface area contributed by atoms with Gasteiger partial charge in [0.2, 0.25) is 0 Å². The van der Waals surface area contributed by atoms with E-state index in [9.17, 15) is 8.42 Å². The lowest BCUT2D eigenvalue weighted by molar-refractivity contribution is 0.485. The number of halogens is 1. The third-order valence-electron chi connectivity index (χ3n) is 2.62. The van der Waals surface area contributed by atoms with Crippen LogP contribution in [0.5, 0.6) is 5.75 Å². The van der Waals surface area contributed by atoms with Gasteiger partial charge in [0, 0.05) is 11.6 Å². The van der Waals surface area contributed by atoms with Gasteiger partial charge in [-0.15, -0.1) is 0 Å². The quantitative estimate of drug-likeness (QED) is 0.863. The van der Waals surface area contributed by atoms with E-state index in [1.165, 1.54) is 18.2 Å². The highest BCUT2D eigenvalue weighted by atomic mass is 35.5. The van der Waals surface area contributed by atoms with E-state index in [0.717, 1.165) is 5.56 Å². The lowest BCUT2D eigenvalue weighted by Gasteiger charge is -2.09. The average molecular weight is 312 g/mol. The minimum absolute atomic E-state index is 0.116. The van der Waals surface area contributed by atoms with Crippen LogP contribution < -0.4 is 9.50 Å². The normalized spacial score (nSPS) is 11.3. The summed E-state index contributed by atoms with van der Waals surface area (Å²) in [6.45, 7) is 0.529. The summed E-state index contributed by atoms with van der Waals surface area (Å²) in [7, 11) is -2.04. The first-order valence-electron chi connectivity index (χ1n) is 5.95. The lowest BCUT2D eigenvalue weighted by atomic mass is 10.2. The molecule has 2 rings (SSSR count). The maximum atomic E-state index is 12.1. The maximum absolute atomic E-state index is 12.1. The molecule has 0 heterocycles. The van der Waals surface area contributed by atoms with Crippen LogP contribution in [-0.4, -0.2) is 15.5 Å². The topological polar surface area (TPSA) is 55.4 Å². The summed E-state index contributed by atoms with van der Waals surface area (Å²) in [5, 5.41) is 3.52. The van der Waals surface area contributed by atoms with Crippen molar-refractivity contribution in [3.63, 3.8) is 0 Å². The molecule has 0 saturated heterocycles. The summed E-state index contributed by atoms with van der Waals surface area (Å²) in [6.07, 6.45) is 0. The molecule has 0 aliphatic rings. The summed E-state index contributed by atoms with van der Waals surface area (Å²) >= 11 is 6.02. The minimum Gasteiger partial charge on any atom is -0.379 e. The molecule has 0 aliphatic carbocycles. The fourth-order valence-electron chi connectivity index (χ4n) is 1.69. The highest BCUT2D eigenvalue weighted by molar-refractivity contribution is 7.87. The van der Waals surface area contributed by atoms with Gasteiger partial charge in [0.25, 0.3) is 0 Å². The molecular formula is C14H14ClNO3S. The second-order valence-corrected chi connectivity index (χ2v) is 6.09. The Labute approximate surface area is 123 Å². The number of hydrogen-bond acceptors (Lipinski definition) is 4. The third-order valence-corrected chi connectivity index (χ3v) is 4.25. The molecule has 2 aromatic rings. The molecule has 0 aromatic heterocycles. The number of hydrogen-bond donors (Lipinski definition) is 1. The molecule has 0 unspecified atom stereocenters. The average Bonchev–Trinajstić information content (AvgIpc) is 2.43. The Kier molecular flexibility index (Phi) is 4.65. The van der Waals surface area contributed by atoms with Crippen LogP contribution in [0.2, 0.25) is 5.02 Å². The Bertz CT molecular complexity index is 687. The van der Waals surface area contributed by atoms with Gasteiger partial charge in [-0.3, -0.25) is 0 Å². The van der Waals surface area contributed by atoms with E-state index in [1.54, 1.807) is 37.4 Å². The molecule has 0 radical (unpaired) electrons. The van der Waals surface area contributed by atoms with Crippen molar-refractivity contribution >= 4 is 21.7 Å². The van der Waals surface area contributed by atoms with E-state index in [2.05, 4.69) is 5.32 Å². The number of benzene rings is 2. The predicted octanol–water partition coefficient (Wildman–Crippen LogP) is 2.83. The molecule has 0 aliphatic heterocycles. The van der Waals surface area contributed by atoms with E-state index in [0.29, 0.717) is 11.6 Å². The Morgan fingerprint density at radius 1 is 1.15 bits per heavy atom. The minimum atomic E-state index is -3.82. The number of nitrogens with one attached hydrogen (secondary N) is 1. The van der Waals surface area contributed by atoms with Gasteiger partial charge in [-0.05, 0) is 42.9 Å². The van der Waals surface area contributed by atoms with Crippen molar-refractivity contribution in [1.29, 1.82) is 0 Å². The van der Waals surface area contributed by atoms with E-state index in [-0.39, 0.29) is 10.6 Å². The van der Waals surface area contributed by atoms with Gasteiger partial charge in [-0.2, -0.15) is 8.42 Å². The Morgan fingerprint density at radius 2 is 1.85 bits per heavy atom. The molecule has 20 heavy (non-hydrogen) atoms. The van der Waals surface area contributed by atoms with Crippen molar-refractivity contribution < 1.29 is 12.6 Å². The zero-order valence-electron chi connectivity index (χ0n) is 10.8. The summed E-state index contributed by atoms with van der Waals surface area (Å²) < 4.78 is 29.3. The van der Waals surface area contributed by atoms with Gasteiger partial charge in [-0.25, -0.2) is 0 Å².